The predicted molar refractivity (Wildman–Crippen MR) is 72.6 cm³/mol. The van der Waals surface area contributed by atoms with Gasteiger partial charge in [-0.1, -0.05) is 17.7 Å². The Balaban J connectivity index is 2.31. The van der Waals surface area contributed by atoms with Crippen LogP contribution in [0.4, 0.5) is 5.69 Å². The van der Waals surface area contributed by atoms with Gasteiger partial charge in [-0.3, -0.25) is 14.6 Å². The first-order valence-corrected chi connectivity index (χ1v) is 6.10. The van der Waals surface area contributed by atoms with E-state index >= 15 is 0 Å². The molecule has 0 aliphatic carbocycles. The van der Waals surface area contributed by atoms with Crippen molar-refractivity contribution in [3.05, 3.63) is 41.1 Å². The second kappa shape index (κ2) is 5.36. The number of carbonyl (C=O) groups is 2. The van der Waals surface area contributed by atoms with Crippen LogP contribution in [-0.2, 0) is 14.3 Å². The van der Waals surface area contributed by atoms with Crippen molar-refractivity contribution in [2.45, 2.75) is 13.8 Å². The molecular weight excluding hydrogens is 266 g/mol. The summed E-state index contributed by atoms with van der Waals surface area (Å²) >= 11 is 5.85. The largest absolute Gasteiger partial charge is 0.430 e. The van der Waals surface area contributed by atoms with E-state index in [9.17, 15) is 9.59 Å². The Morgan fingerprint density at radius 1 is 1.37 bits per heavy atom. The molecule has 0 saturated heterocycles. The molecule has 1 heterocycles. The van der Waals surface area contributed by atoms with E-state index in [1.807, 2.05) is 0 Å². The van der Waals surface area contributed by atoms with Gasteiger partial charge in [0.1, 0.15) is 5.76 Å². The maximum Gasteiger partial charge on any atom is 0.327 e. The number of benzene rings is 1. The maximum atomic E-state index is 11.8. The molecule has 1 aliphatic rings. The third-order valence-corrected chi connectivity index (χ3v) is 2.89. The molecule has 1 atom stereocenters. The summed E-state index contributed by atoms with van der Waals surface area (Å²) in [6.45, 7) is 3.19. The van der Waals surface area contributed by atoms with Crippen molar-refractivity contribution in [2.24, 2.45) is 10.9 Å². The molecule has 1 aliphatic heterocycles. The van der Waals surface area contributed by atoms with Crippen molar-refractivity contribution in [3.8, 4) is 0 Å². The molecule has 0 unspecified atom stereocenters. The van der Waals surface area contributed by atoms with Crippen molar-refractivity contribution in [1.82, 2.24) is 0 Å². The van der Waals surface area contributed by atoms with Gasteiger partial charge in [-0.05, 0) is 32.0 Å². The van der Waals surface area contributed by atoms with Gasteiger partial charge in [0.05, 0.1) is 5.69 Å². The molecule has 19 heavy (non-hydrogen) atoms. The first kappa shape index (κ1) is 13.5. The zero-order chi connectivity index (χ0) is 14.0. The zero-order valence-electron chi connectivity index (χ0n) is 10.5. The van der Waals surface area contributed by atoms with Gasteiger partial charge in [0, 0.05) is 16.8 Å². The summed E-state index contributed by atoms with van der Waals surface area (Å²) in [5.74, 6) is -1.56. The van der Waals surface area contributed by atoms with Crippen molar-refractivity contribution >= 4 is 34.8 Å². The van der Waals surface area contributed by atoms with Crippen LogP contribution >= 0.6 is 11.6 Å². The van der Waals surface area contributed by atoms with Gasteiger partial charge in [-0.25, -0.2) is 0 Å². The minimum absolute atomic E-state index is 0.307. The van der Waals surface area contributed by atoms with Crippen LogP contribution < -0.4 is 0 Å². The average molecular weight is 278 g/mol. The highest BCUT2D eigenvalue weighted by Gasteiger charge is 2.33. The molecule has 0 N–H and O–H groups in total. The minimum atomic E-state index is -0.970. The molecule has 0 spiro atoms. The molecule has 4 nitrogen and oxygen atoms in total. The van der Waals surface area contributed by atoms with E-state index in [0.29, 0.717) is 22.2 Å². The normalized spacial score (nSPS) is 20.1. The van der Waals surface area contributed by atoms with Gasteiger partial charge in [0.2, 0.25) is 0 Å². The van der Waals surface area contributed by atoms with Crippen LogP contribution in [0.15, 0.2) is 41.1 Å². The van der Waals surface area contributed by atoms with Crippen LogP contribution in [0.25, 0.3) is 0 Å². The van der Waals surface area contributed by atoms with Gasteiger partial charge in [-0.15, -0.1) is 0 Å². The number of hydrogen-bond donors (Lipinski definition) is 0. The lowest BCUT2D eigenvalue weighted by molar-refractivity contribution is -0.146. The lowest BCUT2D eigenvalue weighted by atomic mass is 9.96. The molecule has 0 aromatic heterocycles. The summed E-state index contributed by atoms with van der Waals surface area (Å²) in [4.78, 5) is 27.8. The average Bonchev–Trinajstić information content (AvgIpc) is 2.27. The van der Waals surface area contributed by atoms with Crippen LogP contribution in [-0.4, -0.2) is 17.5 Å². The highest BCUT2D eigenvalue weighted by Crippen LogP contribution is 2.22. The van der Waals surface area contributed by atoms with E-state index in [0.717, 1.165) is 0 Å². The highest BCUT2D eigenvalue weighted by atomic mass is 35.5. The number of nitrogens with zero attached hydrogens (tertiary/aromatic N) is 1. The molecule has 2 rings (SSSR count). The fraction of sp³-hybridized carbons (Fsp3) is 0.214. The van der Waals surface area contributed by atoms with E-state index in [1.54, 1.807) is 38.1 Å². The number of aliphatic imine (C=N–C) groups is 1. The standard InChI is InChI=1S/C14H12ClNO3/c1-8-6-12(17)13(14(18)19-8)9(2)16-11-5-3-4-10(15)7-11/h3-7,13H,1-2H3/t13-/m0/s1. The minimum Gasteiger partial charge on any atom is -0.430 e. The number of ether oxygens (including phenoxy) is 1. The number of hydrogen-bond acceptors (Lipinski definition) is 4. The van der Waals surface area contributed by atoms with Crippen LogP contribution in [0.2, 0.25) is 5.02 Å². The highest BCUT2D eigenvalue weighted by molar-refractivity contribution is 6.30. The van der Waals surface area contributed by atoms with E-state index in [1.165, 1.54) is 6.08 Å². The summed E-state index contributed by atoms with van der Waals surface area (Å²) in [7, 11) is 0. The molecular formula is C14H12ClNO3. The van der Waals surface area contributed by atoms with Crippen molar-refractivity contribution in [3.63, 3.8) is 0 Å². The summed E-state index contributed by atoms with van der Waals surface area (Å²) in [5, 5.41) is 0.544. The SMILES string of the molecule is CC1=CC(=O)[C@H](C(C)=Nc2cccc(Cl)c2)C(=O)O1. The van der Waals surface area contributed by atoms with Gasteiger partial charge in [0.15, 0.2) is 11.7 Å². The summed E-state index contributed by atoms with van der Waals surface area (Å²) in [6, 6.07) is 6.88. The molecule has 0 radical (unpaired) electrons. The smallest absolute Gasteiger partial charge is 0.327 e. The van der Waals surface area contributed by atoms with Gasteiger partial charge in [-0.2, -0.15) is 0 Å². The summed E-state index contributed by atoms with van der Waals surface area (Å²) < 4.78 is 4.95. The van der Waals surface area contributed by atoms with Crippen LogP contribution in [0.3, 0.4) is 0 Å². The number of halogens is 1. The summed E-state index contributed by atoms with van der Waals surface area (Å²) in [6.07, 6.45) is 1.31. The second-order valence-corrected chi connectivity index (χ2v) is 4.68. The Bertz CT molecular complexity index is 604. The molecule has 0 amide bonds. The van der Waals surface area contributed by atoms with Crippen LogP contribution in [0.1, 0.15) is 13.8 Å². The number of ketones is 1. The van der Waals surface area contributed by atoms with E-state index < -0.39 is 11.9 Å². The molecule has 5 heteroatoms. The quantitative estimate of drug-likeness (QED) is 0.474. The molecule has 1 aromatic carbocycles. The first-order valence-electron chi connectivity index (χ1n) is 5.72. The second-order valence-electron chi connectivity index (χ2n) is 4.24. The maximum absolute atomic E-state index is 11.8. The number of cyclic esters (lactones) is 1. The van der Waals surface area contributed by atoms with Crippen LogP contribution in [0, 0.1) is 5.92 Å². The lowest BCUT2D eigenvalue weighted by Crippen LogP contribution is -2.34. The Morgan fingerprint density at radius 3 is 2.74 bits per heavy atom. The van der Waals surface area contributed by atoms with E-state index in [-0.39, 0.29) is 5.78 Å². The fourth-order valence-electron chi connectivity index (χ4n) is 1.84. The molecule has 98 valence electrons. The molecule has 0 bridgehead atoms. The number of carbonyl (C=O) groups excluding carboxylic acids is 2. The van der Waals surface area contributed by atoms with Gasteiger partial charge >= 0.3 is 5.97 Å². The van der Waals surface area contributed by atoms with Gasteiger partial charge in [0.25, 0.3) is 0 Å². The molecule has 0 saturated carbocycles. The summed E-state index contributed by atoms with van der Waals surface area (Å²) in [5.41, 5.74) is 0.984. The Hall–Kier alpha value is -1.94. The lowest BCUT2D eigenvalue weighted by Gasteiger charge is -2.18. The number of rotatable bonds is 2. The number of esters is 1. The van der Waals surface area contributed by atoms with Gasteiger partial charge < -0.3 is 4.74 Å². The molecule has 1 aromatic rings. The topological polar surface area (TPSA) is 55.7 Å². The van der Waals surface area contributed by atoms with Crippen molar-refractivity contribution in [2.75, 3.05) is 0 Å². The molecule has 0 fully saturated rings. The zero-order valence-corrected chi connectivity index (χ0v) is 11.3. The third-order valence-electron chi connectivity index (χ3n) is 2.66. The number of allylic oxidation sites excluding steroid dienone is 2. The van der Waals surface area contributed by atoms with E-state index in [4.69, 9.17) is 16.3 Å². The van der Waals surface area contributed by atoms with Crippen molar-refractivity contribution < 1.29 is 14.3 Å². The van der Waals surface area contributed by atoms with Crippen LogP contribution in [0.5, 0.6) is 0 Å². The third kappa shape index (κ3) is 3.09. The Labute approximate surface area is 115 Å². The van der Waals surface area contributed by atoms with Crippen molar-refractivity contribution in [1.29, 1.82) is 0 Å². The Kier molecular flexibility index (Phi) is 3.81. The fourth-order valence-corrected chi connectivity index (χ4v) is 2.02. The Morgan fingerprint density at radius 2 is 2.11 bits per heavy atom. The first-order chi connectivity index (χ1) is 8.97. The van der Waals surface area contributed by atoms with E-state index in [2.05, 4.69) is 4.99 Å². The predicted octanol–water partition coefficient (Wildman–Crippen LogP) is 3.08. The monoisotopic (exact) mass is 277 g/mol.